The number of aliphatic imine (C=N–C) groups is 1. The Morgan fingerprint density at radius 3 is 2.26 bits per heavy atom. The molecule has 188 valence electrons. The summed E-state index contributed by atoms with van der Waals surface area (Å²) >= 11 is 0. The third kappa shape index (κ3) is 7.92. The number of benzene rings is 2. The van der Waals surface area contributed by atoms with Crippen molar-refractivity contribution in [1.82, 2.24) is 0 Å². The molecule has 0 saturated heterocycles. The molecule has 0 heterocycles. The zero-order valence-corrected chi connectivity index (χ0v) is 24.1. The molecule has 0 spiro atoms. The third-order valence-electron chi connectivity index (χ3n) is 6.05. The highest BCUT2D eigenvalue weighted by molar-refractivity contribution is 7.48. The molecule has 2 unspecified atom stereocenters. The Labute approximate surface area is 210 Å². The molecular formula is C30H46NO2P. The Kier molecular flexibility index (Phi) is 9.92. The van der Waals surface area contributed by atoms with Crippen LogP contribution in [0.2, 0.25) is 0 Å². The number of hydrogen-bond acceptors (Lipinski definition) is 3. The van der Waals surface area contributed by atoms with E-state index in [1.54, 1.807) is 7.11 Å². The summed E-state index contributed by atoms with van der Waals surface area (Å²) in [7, 11) is 2.28. The molecule has 0 aliphatic carbocycles. The first-order valence-electron chi connectivity index (χ1n) is 12.5. The Bertz CT molecular complexity index is 969. The third-order valence-corrected chi connectivity index (χ3v) is 7.84. The second-order valence-corrected chi connectivity index (χ2v) is 13.4. The van der Waals surface area contributed by atoms with Crippen LogP contribution < -0.4 is 10.0 Å². The molecule has 2 aromatic rings. The van der Waals surface area contributed by atoms with E-state index in [1.807, 2.05) is 0 Å². The first-order valence-corrected chi connectivity index (χ1v) is 13.5. The van der Waals surface area contributed by atoms with Gasteiger partial charge < -0.3 is 9.47 Å². The largest absolute Gasteiger partial charge is 0.467 e. The topological polar surface area (TPSA) is 30.8 Å². The zero-order valence-electron chi connectivity index (χ0n) is 23.1. The molecule has 0 bridgehead atoms. The van der Waals surface area contributed by atoms with Gasteiger partial charge in [-0.1, -0.05) is 92.4 Å². The van der Waals surface area contributed by atoms with Gasteiger partial charge in [-0.3, -0.25) is 4.99 Å². The number of nitrogens with zero attached hydrogens (tertiary/aromatic N) is 1. The summed E-state index contributed by atoms with van der Waals surface area (Å²) in [6.07, 6.45) is 5.49. The fraction of sp³-hybridized carbons (Fsp3) is 0.567. The molecule has 0 aromatic heterocycles. The van der Waals surface area contributed by atoms with Gasteiger partial charge in [-0.2, -0.15) is 0 Å². The van der Waals surface area contributed by atoms with Crippen LogP contribution in [-0.2, 0) is 15.3 Å². The van der Waals surface area contributed by atoms with Crippen LogP contribution >= 0.6 is 8.58 Å². The molecule has 0 amide bonds. The summed E-state index contributed by atoms with van der Waals surface area (Å²) in [6.45, 7) is 20.4. The van der Waals surface area contributed by atoms with Gasteiger partial charge in [0.05, 0.1) is 5.54 Å². The van der Waals surface area contributed by atoms with Crippen LogP contribution in [0.1, 0.15) is 96.9 Å². The fourth-order valence-electron chi connectivity index (χ4n) is 4.00. The predicted molar refractivity (Wildman–Crippen MR) is 151 cm³/mol. The van der Waals surface area contributed by atoms with Crippen molar-refractivity contribution in [1.29, 1.82) is 0 Å². The lowest BCUT2D eigenvalue weighted by atomic mass is 9.82. The van der Waals surface area contributed by atoms with Crippen LogP contribution in [0.25, 0.3) is 0 Å². The number of rotatable bonds is 10. The Balaban J connectivity index is 2.68. The lowest BCUT2D eigenvalue weighted by molar-refractivity contribution is 0.0495. The van der Waals surface area contributed by atoms with Gasteiger partial charge in [0.15, 0.2) is 6.79 Å². The standard InChI is InChI=1S/C30H46NO2P/c1-11-12-17-30(9,34-26-16-14-13-15-23(26)20-31-29(6,7)8)25-19-24(28(3,4)5)18-22(2)27(25)33-21-32-10/h13-16,18-20,34H,11-12,17,21H2,1-10H3/b31-20+. The molecule has 4 heteroatoms. The van der Waals surface area contributed by atoms with E-state index >= 15 is 0 Å². The van der Waals surface area contributed by atoms with Gasteiger partial charge in [-0.05, 0) is 61.5 Å². The van der Waals surface area contributed by atoms with E-state index in [2.05, 4.69) is 105 Å². The van der Waals surface area contributed by atoms with Crippen molar-refractivity contribution in [2.45, 2.75) is 97.7 Å². The second kappa shape index (κ2) is 11.8. The molecule has 0 aliphatic rings. The van der Waals surface area contributed by atoms with Crippen LogP contribution in [-0.4, -0.2) is 25.7 Å². The maximum Gasteiger partial charge on any atom is 0.188 e. The van der Waals surface area contributed by atoms with Crippen LogP contribution in [0, 0.1) is 6.92 Å². The Hall–Kier alpha value is -1.70. The minimum Gasteiger partial charge on any atom is -0.467 e. The second-order valence-electron chi connectivity index (χ2n) is 11.5. The summed E-state index contributed by atoms with van der Waals surface area (Å²) in [4.78, 5) is 4.81. The summed E-state index contributed by atoms with van der Waals surface area (Å²) < 4.78 is 11.5. The van der Waals surface area contributed by atoms with Crippen molar-refractivity contribution in [2.24, 2.45) is 4.99 Å². The minimum atomic E-state index is -0.0962. The lowest BCUT2D eigenvalue weighted by Gasteiger charge is -2.35. The minimum absolute atomic E-state index is 0.0587. The van der Waals surface area contributed by atoms with E-state index in [-0.39, 0.29) is 22.9 Å². The van der Waals surface area contributed by atoms with Gasteiger partial charge in [-0.15, -0.1) is 0 Å². The maximum atomic E-state index is 6.23. The van der Waals surface area contributed by atoms with E-state index in [0.29, 0.717) is 8.58 Å². The van der Waals surface area contributed by atoms with Crippen LogP contribution in [0.3, 0.4) is 0 Å². The van der Waals surface area contributed by atoms with E-state index in [0.717, 1.165) is 12.2 Å². The van der Waals surface area contributed by atoms with Crippen LogP contribution in [0.15, 0.2) is 41.4 Å². The average molecular weight is 484 g/mol. The molecule has 0 fully saturated rings. The SMILES string of the molecule is CCCCC(C)(Pc1ccccc1/C=N/C(C)(C)C)c1cc(C(C)(C)C)cc(C)c1OCOC. The smallest absolute Gasteiger partial charge is 0.188 e. The molecule has 3 nitrogen and oxygen atoms in total. The summed E-state index contributed by atoms with van der Waals surface area (Å²) in [6, 6.07) is 13.4. The monoisotopic (exact) mass is 483 g/mol. The molecule has 0 N–H and O–H groups in total. The summed E-state index contributed by atoms with van der Waals surface area (Å²) in [5.74, 6) is 0.974. The van der Waals surface area contributed by atoms with Crippen molar-refractivity contribution < 1.29 is 9.47 Å². The van der Waals surface area contributed by atoms with Gasteiger partial charge >= 0.3 is 0 Å². The van der Waals surface area contributed by atoms with E-state index in [1.165, 1.54) is 40.4 Å². The normalized spacial score (nSPS) is 14.8. The van der Waals surface area contributed by atoms with Gasteiger partial charge in [0.25, 0.3) is 0 Å². The maximum absolute atomic E-state index is 6.23. The van der Waals surface area contributed by atoms with E-state index in [4.69, 9.17) is 14.5 Å². The highest BCUT2D eigenvalue weighted by Gasteiger charge is 2.33. The van der Waals surface area contributed by atoms with Crippen molar-refractivity contribution in [2.75, 3.05) is 13.9 Å². The Morgan fingerprint density at radius 2 is 1.68 bits per heavy atom. The van der Waals surface area contributed by atoms with Crippen LogP contribution in [0.4, 0.5) is 0 Å². The first-order chi connectivity index (χ1) is 15.8. The van der Waals surface area contributed by atoms with Gasteiger partial charge in [0, 0.05) is 24.0 Å². The van der Waals surface area contributed by atoms with Gasteiger partial charge in [0.2, 0.25) is 0 Å². The highest BCUT2D eigenvalue weighted by atomic mass is 31.1. The van der Waals surface area contributed by atoms with Crippen molar-refractivity contribution >= 4 is 20.1 Å². The van der Waals surface area contributed by atoms with Crippen LogP contribution in [0.5, 0.6) is 5.75 Å². The van der Waals surface area contributed by atoms with Crippen molar-refractivity contribution in [3.8, 4) is 5.75 Å². The molecule has 0 aliphatic heterocycles. The lowest BCUT2D eigenvalue weighted by Crippen LogP contribution is -2.24. The molecule has 2 aromatic carbocycles. The summed E-state index contributed by atoms with van der Waals surface area (Å²) in [5, 5.41) is 1.29. The molecule has 2 atom stereocenters. The number of hydrogen-bond donors (Lipinski definition) is 0. The predicted octanol–water partition coefficient (Wildman–Crippen LogP) is 7.90. The van der Waals surface area contributed by atoms with Gasteiger partial charge in [-0.25, -0.2) is 0 Å². The Morgan fingerprint density at radius 1 is 1.00 bits per heavy atom. The number of unbranched alkanes of at least 4 members (excludes halogenated alkanes) is 1. The van der Waals surface area contributed by atoms with Gasteiger partial charge in [0.1, 0.15) is 5.75 Å². The molecule has 2 rings (SSSR count). The van der Waals surface area contributed by atoms with Crippen molar-refractivity contribution in [3.63, 3.8) is 0 Å². The van der Waals surface area contributed by atoms with Crippen molar-refractivity contribution in [3.05, 3.63) is 58.7 Å². The summed E-state index contributed by atoms with van der Waals surface area (Å²) in [5.41, 5.74) is 4.99. The molecule has 34 heavy (non-hydrogen) atoms. The number of ether oxygens (including phenoxy) is 2. The number of methoxy groups -OCH3 is 1. The average Bonchev–Trinajstić information content (AvgIpc) is 2.74. The quantitative estimate of drug-likeness (QED) is 0.195. The fourth-order valence-corrected chi connectivity index (χ4v) is 5.69. The molecular weight excluding hydrogens is 437 g/mol. The molecule has 0 radical (unpaired) electrons. The highest BCUT2D eigenvalue weighted by Crippen LogP contribution is 2.50. The first kappa shape index (κ1) is 28.5. The zero-order chi connectivity index (χ0) is 25.6. The number of aryl methyl sites for hydroxylation is 1. The van der Waals surface area contributed by atoms with E-state index in [9.17, 15) is 0 Å². The molecule has 0 saturated carbocycles. The van der Waals surface area contributed by atoms with E-state index < -0.39 is 0 Å².